The van der Waals surface area contributed by atoms with Crippen LogP contribution in [0.15, 0.2) is 42.5 Å². The van der Waals surface area contributed by atoms with Crippen molar-refractivity contribution in [2.45, 2.75) is 6.42 Å². The highest BCUT2D eigenvalue weighted by molar-refractivity contribution is 5.47. The number of rotatable bonds is 2. The molecule has 2 aromatic carbocycles. The molecule has 0 aromatic heterocycles. The lowest BCUT2D eigenvalue weighted by Crippen LogP contribution is -1.89. The van der Waals surface area contributed by atoms with Crippen LogP contribution in [0.4, 0.5) is 0 Å². The van der Waals surface area contributed by atoms with E-state index in [-0.39, 0.29) is 17.2 Å². The quantitative estimate of drug-likeness (QED) is 0.675. The summed E-state index contributed by atoms with van der Waals surface area (Å²) >= 11 is 0. The molecule has 0 aliphatic heterocycles. The summed E-state index contributed by atoms with van der Waals surface area (Å²) in [6.45, 7) is 0. The number of phenolic OH excluding ortho intramolecular Hbond substituents is 3. The van der Waals surface area contributed by atoms with Crippen molar-refractivity contribution in [3.8, 4) is 17.2 Å². The molecule has 3 N–H and O–H groups in total. The average Bonchev–Trinajstić information content (AvgIpc) is 2.28. The van der Waals surface area contributed by atoms with Gasteiger partial charge in [-0.25, -0.2) is 0 Å². The lowest BCUT2D eigenvalue weighted by atomic mass is 10.0. The number of para-hydroxylation sites is 2. The first-order valence-corrected chi connectivity index (χ1v) is 4.95. The maximum absolute atomic E-state index is 9.62. The molecule has 0 radical (unpaired) electrons. The van der Waals surface area contributed by atoms with Crippen LogP contribution in [0.2, 0.25) is 0 Å². The molecule has 0 saturated carbocycles. The zero-order valence-electron chi connectivity index (χ0n) is 8.59. The van der Waals surface area contributed by atoms with E-state index in [1.54, 1.807) is 30.3 Å². The molecule has 0 heterocycles. The SMILES string of the molecule is Oc1ccccc1Cc1cccc(O)c1O. The molecule has 2 aromatic rings. The summed E-state index contributed by atoms with van der Waals surface area (Å²) in [5.74, 6) is -0.0936. The Balaban J connectivity index is 2.35. The lowest BCUT2D eigenvalue weighted by Gasteiger charge is -2.07. The smallest absolute Gasteiger partial charge is 0.161 e. The number of hydrogen-bond donors (Lipinski definition) is 3. The van der Waals surface area contributed by atoms with E-state index in [9.17, 15) is 15.3 Å². The molecule has 0 aliphatic rings. The van der Waals surface area contributed by atoms with Crippen LogP contribution in [0.25, 0.3) is 0 Å². The second-order valence-electron chi connectivity index (χ2n) is 3.59. The molecule has 0 bridgehead atoms. The van der Waals surface area contributed by atoms with Crippen molar-refractivity contribution in [1.82, 2.24) is 0 Å². The van der Waals surface area contributed by atoms with Crippen LogP contribution in [0.1, 0.15) is 11.1 Å². The second kappa shape index (κ2) is 4.14. The maximum Gasteiger partial charge on any atom is 0.161 e. The molecule has 0 aliphatic carbocycles. The summed E-state index contributed by atoms with van der Waals surface area (Å²) in [6, 6.07) is 11.7. The molecule has 3 heteroatoms. The van der Waals surface area contributed by atoms with Gasteiger partial charge in [0.25, 0.3) is 0 Å². The molecule has 0 fully saturated rings. The van der Waals surface area contributed by atoms with E-state index >= 15 is 0 Å². The van der Waals surface area contributed by atoms with Gasteiger partial charge in [-0.2, -0.15) is 0 Å². The van der Waals surface area contributed by atoms with Gasteiger partial charge in [0.1, 0.15) is 5.75 Å². The summed E-state index contributed by atoms with van der Waals surface area (Å²) in [6.07, 6.45) is 0.382. The standard InChI is InChI=1S/C13H12O3/c14-11-6-2-1-4-9(11)8-10-5-3-7-12(15)13(10)16/h1-7,14-16H,8H2. The lowest BCUT2D eigenvalue weighted by molar-refractivity contribution is 0.400. The zero-order chi connectivity index (χ0) is 11.5. The molecule has 2 rings (SSSR count). The van der Waals surface area contributed by atoms with E-state index in [1.807, 2.05) is 6.07 Å². The minimum Gasteiger partial charge on any atom is -0.508 e. The van der Waals surface area contributed by atoms with E-state index < -0.39 is 0 Å². The largest absolute Gasteiger partial charge is 0.508 e. The summed E-state index contributed by atoms with van der Waals surface area (Å²) in [7, 11) is 0. The van der Waals surface area contributed by atoms with Gasteiger partial charge in [-0.15, -0.1) is 0 Å². The summed E-state index contributed by atoms with van der Waals surface area (Å²) in [5, 5.41) is 28.5. The fourth-order valence-electron chi connectivity index (χ4n) is 1.59. The van der Waals surface area contributed by atoms with Crippen LogP contribution in [-0.2, 0) is 6.42 Å². The van der Waals surface area contributed by atoms with Gasteiger partial charge in [-0.05, 0) is 17.7 Å². The predicted molar refractivity (Wildman–Crippen MR) is 60.7 cm³/mol. The van der Waals surface area contributed by atoms with Crippen molar-refractivity contribution < 1.29 is 15.3 Å². The molecular formula is C13H12O3. The van der Waals surface area contributed by atoms with Gasteiger partial charge in [-0.3, -0.25) is 0 Å². The Kier molecular flexibility index (Phi) is 2.68. The minimum atomic E-state index is -0.145. The Morgan fingerprint density at radius 1 is 0.688 bits per heavy atom. The maximum atomic E-state index is 9.62. The number of phenols is 3. The first kappa shape index (κ1) is 10.4. The first-order valence-electron chi connectivity index (χ1n) is 4.95. The molecule has 0 saturated heterocycles. The topological polar surface area (TPSA) is 60.7 Å². The van der Waals surface area contributed by atoms with E-state index in [2.05, 4.69) is 0 Å². The molecule has 0 amide bonds. The molecular weight excluding hydrogens is 204 g/mol. The van der Waals surface area contributed by atoms with Gasteiger partial charge in [0.15, 0.2) is 11.5 Å². The van der Waals surface area contributed by atoms with Gasteiger partial charge < -0.3 is 15.3 Å². The average molecular weight is 216 g/mol. The van der Waals surface area contributed by atoms with Crippen molar-refractivity contribution in [3.05, 3.63) is 53.6 Å². The molecule has 3 nitrogen and oxygen atoms in total. The zero-order valence-corrected chi connectivity index (χ0v) is 8.59. The number of aromatic hydroxyl groups is 3. The monoisotopic (exact) mass is 216 g/mol. The van der Waals surface area contributed by atoms with E-state index in [4.69, 9.17) is 0 Å². The van der Waals surface area contributed by atoms with Crippen LogP contribution < -0.4 is 0 Å². The Hall–Kier alpha value is -2.16. The Morgan fingerprint density at radius 3 is 2.06 bits per heavy atom. The van der Waals surface area contributed by atoms with Crippen molar-refractivity contribution in [2.24, 2.45) is 0 Å². The number of benzene rings is 2. The fraction of sp³-hybridized carbons (Fsp3) is 0.0769. The van der Waals surface area contributed by atoms with E-state index in [0.29, 0.717) is 17.5 Å². The highest BCUT2D eigenvalue weighted by Gasteiger charge is 2.08. The van der Waals surface area contributed by atoms with Gasteiger partial charge in [0, 0.05) is 12.0 Å². The van der Waals surface area contributed by atoms with E-state index in [0.717, 1.165) is 0 Å². The van der Waals surface area contributed by atoms with Crippen molar-refractivity contribution >= 4 is 0 Å². The fourth-order valence-corrected chi connectivity index (χ4v) is 1.59. The van der Waals surface area contributed by atoms with Crippen molar-refractivity contribution in [1.29, 1.82) is 0 Å². The Bertz CT molecular complexity index is 506. The number of hydrogen-bond acceptors (Lipinski definition) is 3. The Labute approximate surface area is 93.2 Å². The van der Waals surface area contributed by atoms with Crippen LogP contribution in [-0.4, -0.2) is 15.3 Å². The van der Waals surface area contributed by atoms with Crippen molar-refractivity contribution in [2.75, 3.05) is 0 Å². The highest BCUT2D eigenvalue weighted by Crippen LogP contribution is 2.31. The predicted octanol–water partition coefficient (Wildman–Crippen LogP) is 2.39. The highest BCUT2D eigenvalue weighted by atomic mass is 16.3. The Morgan fingerprint density at radius 2 is 1.31 bits per heavy atom. The van der Waals surface area contributed by atoms with Crippen LogP contribution in [0.5, 0.6) is 17.2 Å². The summed E-state index contributed by atoms with van der Waals surface area (Å²) < 4.78 is 0. The third kappa shape index (κ3) is 1.93. The summed E-state index contributed by atoms with van der Waals surface area (Å²) in [4.78, 5) is 0. The van der Waals surface area contributed by atoms with Gasteiger partial charge in [0.2, 0.25) is 0 Å². The molecule has 0 spiro atoms. The van der Waals surface area contributed by atoms with Crippen LogP contribution in [0, 0.1) is 0 Å². The normalized spacial score (nSPS) is 10.2. The van der Waals surface area contributed by atoms with Gasteiger partial charge in [0.05, 0.1) is 0 Å². The molecule has 82 valence electrons. The third-order valence-electron chi connectivity index (χ3n) is 2.47. The molecule has 16 heavy (non-hydrogen) atoms. The minimum absolute atomic E-state index is 0.134. The summed E-state index contributed by atoms with van der Waals surface area (Å²) in [5.41, 5.74) is 1.30. The third-order valence-corrected chi connectivity index (χ3v) is 2.47. The second-order valence-corrected chi connectivity index (χ2v) is 3.59. The van der Waals surface area contributed by atoms with Crippen LogP contribution >= 0.6 is 0 Å². The molecule has 0 unspecified atom stereocenters. The first-order chi connectivity index (χ1) is 7.68. The van der Waals surface area contributed by atoms with Crippen molar-refractivity contribution in [3.63, 3.8) is 0 Å². The molecule has 0 atom stereocenters. The van der Waals surface area contributed by atoms with Gasteiger partial charge >= 0.3 is 0 Å². The van der Waals surface area contributed by atoms with E-state index in [1.165, 1.54) is 6.07 Å². The van der Waals surface area contributed by atoms with Gasteiger partial charge in [-0.1, -0.05) is 30.3 Å². The van der Waals surface area contributed by atoms with Crippen LogP contribution in [0.3, 0.4) is 0 Å².